The van der Waals surface area contributed by atoms with E-state index < -0.39 is 28.2 Å². The fourth-order valence-corrected chi connectivity index (χ4v) is 4.34. The van der Waals surface area contributed by atoms with Crippen molar-refractivity contribution in [3.63, 3.8) is 0 Å². The lowest BCUT2D eigenvalue weighted by Crippen LogP contribution is -2.24. The third-order valence-electron chi connectivity index (χ3n) is 6.45. The summed E-state index contributed by atoms with van der Waals surface area (Å²) in [5.74, 6) is -0.457. The maximum atomic E-state index is 13.7. The van der Waals surface area contributed by atoms with Gasteiger partial charge in [-0.05, 0) is 68.1 Å². The summed E-state index contributed by atoms with van der Waals surface area (Å²) >= 11 is 0. The van der Waals surface area contributed by atoms with E-state index in [-0.39, 0.29) is 23.1 Å². The Morgan fingerprint density at radius 1 is 1.17 bits per heavy atom. The molecule has 0 amide bonds. The smallest absolute Gasteiger partial charge is 0.344 e. The maximum Gasteiger partial charge on any atom is 0.344 e. The lowest BCUT2D eigenvalue weighted by molar-refractivity contribution is -0.386. The molecule has 11 nitrogen and oxygen atoms in total. The van der Waals surface area contributed by atoms with Gasteiger partial charge in [-0.1, -0.05) is 32.0 Å². The van der Waals surface area contributed by atoms with Gasteiger partial charge in [0, 0.05) is 17.2 Å². The Morgan fingerprint density at radius 3 is 2.56 bits per heavy atom. The van der Waals surface area contributed by atoms with Crippen molar-refractivity contribution in [1.82, 2.24) is 9.66 Å². The summed E-state index contributed by atoms with van der Waals surface area (Å²) in [4.78, 5) is 41.0. The summed E-state index contributed by atoms with van der Waals surface area (Å²) in [7, 11) is 0. The third-order valence-corrected chi connectivity index (χ3v) is 6.45. The van der Waals surface area contributed by atoms with Crippen LogP contribution in [0.1, 0.15) is 50.3 Å². The number of hydrogen-bond acceptors (Lipinski definition) is 8. The summed E-state index contributed by atoms with van der Waals surface area (Å²) in [6.07, 6.45) is -0.143. The van der Waals surface area contributed by atoms with Crippen LogP contribution in [0.15, 0.2) is 64.5 Å². The van der Waals surface area contributed by atoms with E-state index in [1.165, 1.54) is 31.3 Å². The number of nitro benzene ring substituents is 1. The van der Waals surface area contributed by atoms with Crippen molar-refractivity contribution in [3.05, 3.63) is 91.8 Å². The molecular weight excluding hydrogens is 528 g/mol. The zero-order valence-electron chi connectivity index (χ0n) is 23.3. The minimum atomic E-state index is -1.37. The number of benzene rings is 3. The van der Waals surface area contributed by atoms with E-state index in [9.17, 15) is 24.8 Å². The van der Waals surface area contributed by atoms with Gasteiger partial charge in [-0.25, -0.2) is 9.78 Å². The third kappa shape index (κ3) is 5.93. The van der Waals surface area contributed by atoms with Crippen LogP contribution in [-0.4, -0.2) is 44.6 Å². The second-order valence-electron chi connectivity index (χ2n) is 9.66. The Balaban J connectivity index is 1.97. The number of aryl methyl sites for hydroxylation is 1. The van der Waals surface area contributed by atoms with Crippen LogP contribution in [0.5, 0.6) is 11.5 Å². The van der Waals surface area contributed by atoms with Crippen molar-refractivity contribution in [1.29, 1.82) is 0 Å². The summed E-state index contributed by atoms with van der Waals surface area (Å²) in [6, 6.07) is 14.8. The molecule has 0 saturated heterocycles. The monoisotopic (exact) mass is 558 g/mol. The Labute approximate surface area is 235 Å². The first-order valence-corrected chi connectivity index (χ1v) is 13.0. The minimum absolute atomic E-state index is 0.112. The normalized spacial score (nSPS) is 12.1. The number of rotatable bonds is 10. The molecule has 1 aromatic heterocycles. The van der Waals surface area contributed by atoms with Crippen LogP contribution in [0, 0.1) is 17.0 Å². The topological polar surface area (TPSA) is 146 Å². The Kier molecular flexibility index (Phi) is 8.46. The van der Waals surface area contributed by atoms with Crippen LogP contribution in [0.2, 0.25) is 0 Å². The molecule has 1 atom stereocenters. The van der Waals surface area contributed by atoms with Gasteiger partial charge in [0.25, 0.3) is 5.56 Å². The molecule has 1 heterocycles. The van der Waals surface area contributed by atoms with Crippen molar-refractivity contribution in [3.8, 4) is 22.9 Å². The quantitative estimate of drug-likeness (QED) is 0.152. The highest BCUT2D eigenvalue weighted by molar-refractivity contribution is 5.87. The summed E-state index contributed by atoms with van der Waals surface area (Å²) in [5.41, 5.74) is 2.11. The number of carbonyl (C=O) groups is 1. The molecule has 11 heteroatoms. The molecule has 0 aliphatic carbocycles. The summed E-state index contributed by atoms with van der Waals surface area (Å²) < 4.78 is 12.5. The Morgan fingerprint density at radius 2 is 1.90 bits per heavy atom. The van der Waals surface area contributed by atoms with E-state index in [0.717, 1.165) is 21.6 Å². The molecule has 0 aliphatic heterocycles. The fraction of sp³-hybridized carbons (Fsp3) is 0.267. The standard InChI is InChI=1S/C30H30N4O7/c1-6-40-26-14-18(4)23(15-22(26)17(2)3)28-32-24-12-8-7-11-21(24)29(35)33(28)31-16-20-10-9-13-25(34(38)39)27(20)41-19(5)30(36)37/h7-17,19H,6H2,1-5H3,(H,36,37)/t19-/m0/s1. The second kappa shape index (κ2) is 12.0. The predicted molar refractivity (Wildman–Crippen MR) is 155 cm³/mol. The van der Waals surface area contributed by atoms with Crippen LogP contribution < -0.4 is 15.0 Å². The van der Waals surface area contributed by atoms with Crippen LogP contribution in [0.4, 0.5) is 5.69 Å². The van der Waals surface area contributed by atoms with Crippen molar-refractivity contribution >= 4 is 28.8 Å². The SMILES string of the molecule is CCOc1cc(C)c(-c2nc3ccccc3c(=O)n2N=Cc2cccc([N+](=O)[O-])c2O[C@@H](C)C(=O)O)cc1C(C)C. The second-order valence-corrected chi connectivity index (χ2v) is 9.66. The van der Waals surface area contributed by atoms with E-state index in [1.807, 2.05) is 39.8 Å². The van der Waals surface area contributed by atoms with Gasteiger partial charge in [-0.2, -0.15) is 9.78 Å². The zero-order chi connectivity index (χ0) is 29.8. The fourth-order valence-electron chi connectivity index (χ4n) is 4.34. The van der Waals surface area contributed by atoms with Crippen molar-refractivity contribution in [2.24, 2.45) is 5.10 Å². The number of carboxylic acid groups (broad SMARTS) is 1. The first-order chi connectivity index (χ1) is 19.5. The number of ether oxygens (including phenoxy) is 2. The highest BCUT2D eigenvalue weighted by atomic mass is 16.6. The number of hydrogen-bond donors (Lipinski definition) is 1. The molecule has 0 fully saturated rings. The van der Waals surface area contributed by atoms with Gasteiger partial charge in [-0.15, -0.1) is 0 Å². The molecule has 0 saturated carbocycles. The molecule has 4 aromatic rings. The number of nitrogens with zero attached hydrogens (tertiary/aromatic N) is 4. The molecule has 0 spiro atoms. The number of aromatic nitrogens is 2. The summed E-state index contributed by atoms with van der Waals surface area (Å²) in [6.45, 7) is 9.63. The highest BCUT2D eigenvalue weighted by Gasteiger charge is 2.24. The molecule has 0 bridgehead atoms. The molecule has 212 valence electrons. The molecule has 0 unspecified atom stereocenters. The maximum absolute atomic E-state index is 13.7. The van der Waals surface area contributed by atoms with Crippen LogP contribution in [0.3, 0.4) is 0 Å². The van der Waals surface area contributed by atoms with Gasteiger partial charge in [-0.3, -0.25) is 14.9 Å². The highest BCUT2D eigenvalue weighted by Crippen LogP contribution is 2.35. The van der Waals surface area contributed by atoms with Gasteiger partial charge >= 0.3 is 11.7 Å². The number of fused-ring (bicyclic) bond motifs is 1. The number of aliphatic carboxylic acids is 1. The average molecular weight is 559 g/mol. The van der Waals surface area contributed by atoms with Crippen LogP contribution >= 0.6 is 0 Å². The lowest BCUT2D eigenvalue weighted by atomic mass is 9.96. The average Bonchev–Trinajstić information content (AvgIpc) is 2.93. The number of para-hydroxylation sites is 2. The first kappa shape index (κ1) is 28.9. The van der Waals surface area contributed by atoms with Crippen molar-refractivity contribution < 1.29 is 24.3 Å². The zero-order valence-corrected chi connectivity index (χ0v) is 23.3. The lowest BCUT2D eigenvalue weighted by Gasteiger charge is -2.18. The molecule has 0 aliphatic rings. The van der Waals surface area contributed by atoms with Crippen LogP contribution in [-0.2, 0) is 4.79 Å². The molecular formula is C30H30N4O7. The Bertz CT molecular complexity index is 1730. The van der Waals surface area contributed by atoms with E-state index in [0.29, 0.717) is 23.1 Å². The Hall–Kier alpha value is -5.06. The number of nitro groups is 1. The first-order valence-electron chi connectivity index (χ1n) is 13.0. The van der Waals surface area contributed by atoms with E-state index >= 15 is 0 Å². The minimum Gasteiger partial charge on any atom is -0.494 e. The van der Waals surface area contributed by atoms with E-state index in [4.69, 9.17) is 14.5 Å². The van der Waals surface area contributed by atoms with Gasteiger partial charge in [0.05, 0.1) is 28.6 Å². The van der Waals surface area contributed by atoms with E-state index in [1.54, 1.807) is 24.3 Å². The molecule has 3 aromatic carbocycles. The molecule has 41 heavy (non-hydrogen) atoms. The van der Waals surface area contributed by atoms with Crippen molar-refractivity contribution in [2.45, 2.75) is 46.6 Å². The number of carboxylic acids is 1. The van der Waals surface area contributed by atoms with E-state index in [2.05, 4.69) is 5.10 Å². The predicted octanol–water partition coefficient (Wildman–Crippen LogP) is 5.54. The van der Waals surface area contributed by atoms with Gasteiger partial charge in [0.1, 0.15) is 5.75 Å². The van der Waals surface area contributed by atoms with Crippen molar-refractivity contribution in [2.75, 3.05) is 6.61 Å². The largest absolute Gasteiger partial charge is 0.494 e. The molecule has 1 N–H and O–H groups in total. The van der Waals surface area contributed by atoms with Crippen LogP contribution in [0.25, 0.3) is 22.3 Å². The summed E-state index contributed by atoms with van der Waals surface area (Å²) in [5, 5.41) is 25.8. The van der Waals surface area contributed by atoms with Gasteiger partial charge < -0.3 is 14.6 Å². The molecule has 4 rings (SSSR count). The molecule has 0 radical (unpaired) electrons. The van der Waals surface area contributed by atoms with Gasteiger partial charge in [0.15, 0.2) is 11.9 Å². The van der Waals surface area contributed by atoms with Gasteiger partial charge in [0.2, 0.25) is 5.75 Å².